The molecule has 2 amide bonds. The van der Waals surface area contributed by atoms with Gasteiger partial charge in [-0.05, 0) is 41.5 Å². The van der Waals surface area contributed by atoms with Crippen molar-refractivity contribution in [2.75, 3.05) is 11.9 Å². The second-order valence-corrected chi connectivity index (χ2v) is 11.5. The summed E-state index contributed by atoms with van der Waals surface area (Å²) in [6.45, 7) is -0.100. The summed E-state index contributed by atoms with van der Waals surface area (Å²) in [5, 5.41) is 9.03. The number of nitrogens with zero attached hydrogens (tertiary/aromatic N) is 1. The van der Waals surface area contributed by atoms with Crippen molar-refractivity contribution < 1.29 is 14.3 Å². The number of rotatable bonds is 10. The van der Waals surface area contributed by atoms with Crippen molar-refractivity contribution in [2.24, 2.45) is 4.99 Å². The summed E-state index contributed by atoms with van der Waals surface area (Å²) in [6, 6.07) is 46.0. The summed E-state index contributed by atoms with van der Waals surface area (Å²) in [7, 11) is -0.811. The molecular formula is C35H30N3O3P. The fourth-order valence-electron chi connectivity index (χ4n) is 4.33. The van der Waals surface area contributed by atoms with Crippen LogP contribution in [0.2, 0.25) is 0 Å². The summed E-state index contributed by atoms with van der Waals surface area (Å²) in [6.07, 6.45) is 1.19. The van der Waals surface area contributed by atoms with Crippen molar-refractivity contribution in [3.63, 3.8) is 0 Å². The van der Waals surface area contributed by atoms with Gasteiger partial charge in [-0.3, -0.25) is 9.79 Å². The minimum atomic E-state index is -0.811. The number of carbonyl (C=O) groups excluding carboxylic acids is 2. The Bertz CT molecular complexity index is 1610. The minimum absolute atomic E-state index is 0.129. The second-order valence-electron chi connectivity index (χ2n) is 9.30. The van der Waals surface area contributed by atoms with Crippen molar-refractivity contribution in [1.82, 2.24) is 5.32 Å². The molecule has 0 heterocycles. The molecule has 0 bridgehead atoms. The van der Waals surface area contributed by atoms with Gasteiger partial charge in [-0.15, -0.1) is 0 Å². The van der Waals surface area contributed by atoms with Crippen LogP contribution in [0.25, 0.3) is 0 Å². The zero-order valence-electron chi connectivity index (χ0n) is 22.9. The third-order valence-electron chi connectivity index (χ3n) is 6.33. The van der Waals surface area contributed by atoms with E-state index in [1.54, 1.807) is 6.07 Å². The van der Waals surface area contributed by atoms with E-state index in [2.05, 4.69) is 77.4 Å². The van der Waals surface area contributed by atoms with Crippen LogP contribution in [-0.2, 0) is 16.1 Å². The molecule has 208 valence electrons. The summed E-state index contributed by atoms with van der Waals surface area (Å²) >= 11 is 0. The Hall–Kier alpha value is -5.06. The van der Waals surface area contributed by atoms with E-state index in [1.807, 2.05) is 72.9 Å². The van der Waals surface area contributed by atoms with Crippen molar-refractivity contribution in [2.45, 2.75) is 6.61 Å². The highest BCUT2D eigenvalue weighted by molar-refractivity contribution is 7.80. The maximum Gasteiger partial charge on any atom is 0.407 e. The number of aliphatic imine (C=N–C) groups is 1. The van der Waals surface area contributed by atoms with E-state index in [0.717, 1.165) is 11.1 Å². The molecule has 5 rings (SSSR count). The Morgan fingerprint density at radius 1 is 0.690 bits per heavy atom. The number of nitrogens with one attached hydrogen (secondary N) is 2. The van der Waals surface area contributed by atoms with Gasteiger partial charge in [0.15, 0.2) is 0 Å². The number of para-hydroxylation sites is 2. The molecule has 0 aromatic heterocycles. The molecule has 0 radical (unpaired) electrons. The van der Waals surface area contributed by atoms with Gasteiger partial charge in [-0.2, -0.15) is 0 Å². The first-order chi connectivity index (χ1) is 20.7. The van der Waals surface area contributed by atoms with Crippen LogP contribution in [0, 0.1) is 0 Å². The average molecular weight is 572 g/mol. The third kappa shape index (κ3) is 7.78. The molecule has 0 aliphatic heterocycles. The molecule has 0 fully saturated rings. The number of benzene rings is 5. The van der Waals surface area contributed by atoms with E-state index in [4.69, 9.17) is 9.73 Å². The zero-order chi connectivity index (χ0) is 29.0. The first kappa shape index (κ1) is 28.5. The monoisotopic (exact) mass is 571 g/mol. The number of hydrogen-bond acceptors (Lipinski definition) is 4. The van der Waals surface area contributed by atoms with E-state index < -0.39 is 14.0 Å². The van der Waals surface area contributed by atoms with Gasteiger partial charge in [0.2, 0.25) is 5.91 Å². The van der Waals surface area contributed by atoms with Crippen LogP contribution in [-0.4, -0.2) is 24.8 Å². The number of anilines is 1. The van der Waals surface area contributed by atoms with Crippen molar-refractivity contribution in [3.05, 3.63) is 151 Å². The van der Waals surface area contributed by atoms with E-state index in [0.29, 0.717) is 11.4 Å². The number of amides is 2. The maximum absolute atomic E-state index is 12.6. The summed E-state index contributed by atoms with van der Waals surface area (Å²) in [5.74, 6) is -0.383. The maximum atomic E-state index is 12.6. The largest absolute Gasteiger partial charge is 0.445 e. The first-order valence-corrected chi connectivity index (χ1v) is 14.9. The van der Waals surface area contributed by atoms with Crippen molar-refractivity contribution in [1.29, 1.82) is 0 Å². The molecule has 0 saturated heterocycles. The Balaban J connectivity index is 1.29. The lowest BCUT2D eigenvalue weighted by Gasteiger charge is -2.21. The molecule has 5 aromatic carbocycles. The summed E-state index contributed by atoms with van der Waals surface area (Å²) in [4.78, 5) is 29.5. The molecule has 6 nitrogen and oxygen atoms in total. The molecule has 0 spiro atoms. The van der Waals surface area contributed by atoms with Gasteiger partial charge in [0.1, 0.15) is 13.2 Å². The number of hydrogen-bond donors (Lipinski definition) is 2. The SMILES string of the molecule is O=C(CNC(=O)OCc1ccccc1)Nc1ccccc1N=Cc1ccccc1P(c1ccccc1)c1ccccc1. The molecule has 42 heavy (non-hydrogen) atoms. The van der Waals surface area contributed by atoms with Crippen LogP contribution in [0.3, 0.4) is 0 Å². The Morgan fingerprint density at radius 3 is 1.95 bits per heavy atom. The van der Waals surface area contributed by atoms with E-state index in [1.165, 1.54) is 15.9 Å². The Morgan fingerprint density at radius 2 is 1.26 bits per heavy atom. The fourth-order valence-corrected chi connectivity index (χ4v) is 6.75. The molecular weight excluding hydrogens is 541 g/mol. The number of carbonyl (C=O) groups is 2. The molecule has 7 heteroatoms. The Kier molecular flexibility index (Phi) is 9.85. The predicted molar refractivity (Wildman–Crippen MR) is 172 cm³/mol. The highest BCUT2D eigenvalue weighted by Gasteiger charge is 2.18. The highest BCUT2D eigenvalue weighted by Crippen LogP contribution is 2.34. The second kappa shape index (κ2) is 14.5. The van der Waals surface area contributed by atoms with E-state index in [-0.39, 0.29) is 19.1 Å². The minimum Gasteiger partial charge on any atom is -0.445 e. The molecule has 5 aromatic rings. The van der Waals surface area contributed by atoms with Gasteiger partial charge in [-0.1, -0.05) is 127 Å². The third-order valence-corrected chi connectivity index (χ3v) is 8.85. The normalized spacial score (nSPS) is 10.9. The first-order valence-electron chi connectivity index (χ1n) is 13.5. The molecule has 0 aliphatic rings. The summed E-state index contributed by atoms with van der Waals surface area (Å²) < 4.78 is 5.18. The van der Waals surface area contributed by atoms with Crippen LogP contribution in [0.5, 0.6) is 0 Å². The van der Waals surface area contributed by atoms with Crippen molar-refractivity contribution >= 4 is 53.4 Å². The van der Waals surface area contributed by atoms with Crippen LogP contribution >= 0.6 is 7.92 Å². The smallest absolute Gasteiger partial charge is 0.407 e. The van der Waals surface area contributed by atoms with Crippen LogP contribution < -0.4 is 26.5 Å². The highest BCUT2D eigenvalue weighted by atomic mass is 31.1. The quantitative estimate of drug-likeness (QED) is 0.158. The molecule has 0 unspecified atom stereocenters. The lowest BCUT2D eigenvalue weighted by molar-refractivity contribution is -0.115. The van der Waals surface area contributed by atoms with E-state index in [9.17, 15) is 9.59 Å². The lowest BCUT2D eigenvalue weighted by Crippen LogP contribution is -2.33. The average Bonchev–Trinajstić information content (AvgIpc) is 3.04. The van der Waals surface area contributed by atoms with Crippen LogP contribution in [0.1, 0.15) is 11.1 Å². The van der Waals surface area contributed by atoms with Gasteiger partial charge >= 0.3 is 6.09 Å². The molecule has 2 N–H and O–H groups in total. The van der Waals surface area contributed by atoms with E-state index >= 15 is 0 Å². The van der Waals surface area contributed by atoms with Gasteiger partial charge < -0.3 is 15.4 Å². The molecule has 0 saturated carbocycles. The zero-order valence-corrected chi connectivity index (χ0v) is 23.8. The fraction of sp³-hybridized carbons (Fsp3) is 0.0571. The van der Waals surface area contributed by atoms with Gasteiger partial charge in [0, 0.05) is 11.8 Å². The standard InChI is InChI=1S/C35H30N3O3P/c39-34(25-37-35(40)41-26-27-14-4-1-5-15-27)38-32-22-12-11-21-31(32)36-24-28-16-10-13-23-33(28)42(29-17-6-2-7-18-29)30-19-8-3-9-20-30/h1-24H,25-26H2,(H,37,40)(H,38,39). The molecule has 0 atom stereocenters. The van der Waals surface area contributed by atoms with Gasteiger partial charge in [-0.25, -0.2) is 4.79 Å². The van der Waals surface area contributed by atoms with Crippen molar-refractivity contribution in [3.8, 4) is 0 Å². The predicted octanol–water partition coefficient (Wildman–Crippen LogP) is 6.06. The van der Waals surface area contributed by atoms with Crippen LogP contribution in [0.4, 0.5) is 16.2 Å². The number of ether oxygens (including phenoxy) is 1. The lowest BCUT2D eigenvalue weighted by atomic mass is 10.2. The topological polar surface area (TPSA) is 79.8 Å². The number of alkyl carbamates (subject to hydrolysis) is 1. The summed E-state index contributed by atoms with van der Waals surface area (Å²) in [5.41, 5.74) is 3.02. The molecule has 0 aliphatic carbocycles. The Labute approximate surface area is 246 Å². The van der Waals surface area contributed by atoms with Crippen LogP contribution in [0.15, 0.2) is 145 Å². The van der Waals surface area contributed by atoms with Gasteiger partial charge in [0.25, 0.3) is 0 Å². The van der Waals surface area contributed by atoms with Gasteiger partial charge in [0.05, 0.1) is 11.4 Å².